The fourth-order valence-corrected chi connectivity index (χ4v) is 11.7. The molecular weight excluding hydrogens is 960 g/mol. The Kier molecular flexibility index (Phi) is 58.7. The summed E-state index contributed by atoms with van der Waals surface area (Å²) in [5.41, 5.74) is 0. The maximum absolute atomic E-state index is 13.1. The van der Waals surface area contributed by atoms with E-state index in [0.29, 0.717) is 23.9 Å². The maximum Gasteiger partial charge on any atom is 0.472 e. The fraction of sp³-hybridized carbons (Fsp3) is 0.985. The number of quaternary nitrogens is 1. The van der Waals surface area contributed by atoms with Gasteiger partial charge in [-0.05, 0) is 12.8 Å². The van der Waals surface area contributed by atoms with E-state index in [1.54, 1.807) is 0 Å². The van der Waals surface area contributed by atoms with E-state index in [0.717, 1.165) is 38.5 Å². The van der Waals surface area contributed by atoms with Crippen molar-refractivity contribution in [1.82, 2.24) is 5.32 Å². The van der Waals surface area contributed by atoms with E-state index >= 15 is 0 Å². The van der Waals surface area contributed by atoms with Crippen LogP contribution in [0.15, 0.2) is 0 Å². The molecule has 8 nitrogen and oxygen atoms in total. The minimum Gasteiger partial charge on any atom is -0.391 e. The van der Waals surface area contributed by atoms with Gasteiger partial charge in [0.15, 0.2) is 0 Å². The van der Waals surface area contributed by atoms with E-state index in [1.165, 1.54) is 308 Å². The molecule has 0 spiro atoms. The Balaban J connectivity index is 3.96. The predicted octanol–water partition coefficient (Wildman–Crippen LogP) is 21.6. The molecule has 0 aromatic heterocycles. The molecule has 0 aliphatic rings. The van der Waals surface area contributed by atoms with Crippen LogP contribution in [0.1, 0.15) is 373 Å². The second kappa shape index (κ2) is 59.1. The van der Waals surface area contributed by atoms with Crippen molar-refractivity contribution >= 4 is 13.7 Å². The van der Waals surface area contributed by atoms with Crippen molar-refractivity contribution in [2.24, 2.45) is 0 Å². The zero-order valence-corrected chi connectivity index (χ0v) is 53.2. The van der Waals surface area contributed by atoms with Gasteiger partial charge in [0.05, 0.1) is 39.9 Å². The minimum atomic E-state index is -4.32. The first kappa shape index (κ1) is 75.5. The first-order chi connectivity index (χ1) is 37.0. The predicted molar refractivity (Wildman–Crippen MR) is 332 cm³/mol. The molecule has 0 radical (unpaired) electrons. The average molecular weight is 1100 g/mol. The lowest BCUT2D eigenvalue weighted by Crippen LogP contribution is -2.46. The van der Waals surface area contributed by atoms with Crippen molar-refractivity contribution in [3.63, 3.8) is 0 Å². The molecule has 0 rings (SSSR count). The molecule has 9 heteroatoms. The highest BCUT2D eigenvalue weighted by Crippen LogP contribution is 2.43. The number of hydrogen-bond acceptors (Lipinski definition) is 5. The van der Waals surface area contributed by atoms with Crippen LogP contribution in [0, 0.1) is 0 Å². The Bertz CT molecular complexity index is 1200. The molecule has 0 fully saturated rings. The topological polar surface area (TPSA) is 105 Å². The summed E-state index contributed by atoms with van der Waals surface area (Å²) < 4.78 is 23.9. The largest absolute Gasteiger partial charge is 0.472 e. The Morgan fingerprint density at radius 3 is 0.882 bits per heavy atom. The summed E-state index contributed by atoms with van der Waals surface area (Å²) in [6, 6.07) is -0.756. The zero-order chi connectivity index (χ0) is 55.6. The van der Waals surface area contributed by atoms with Crippen LogP contribution in [0.5, 0.6) is 0 Å². The molecule has 3 unspecified atom stereocenters. The summed E-state index contributed by atoms with van der Waals surface area (Å²) in [7, 11) is 1.64. The Labute approximate surface area is 476 Å². The Hall–Kier alpha value is -0.500. The lowest BCUT2D eigenvalue weighted by atomic mass is 10.0. The number of aliphatic hydroxyl groups is 1. The second-order valence-corrected chi connectivity index (χ2v) is 26.7. The number of likely N-dealkylation sites (N-methyl/N-ethyl adjacent to an activating group) is 1. The van der Waals surface area contributed by atoms with E-state index in [2.05, 4.69) is 19.2 Å². The number of hydrogen-bond donors (Lipinski definition) is 3. The molecule has 76 heavy (non-hydrogen) atoms. The van der Waals surface area contributed by atoms with Gasteiger partial charge in [0.1, 0.15) is 13.2 Å². The highest BCUT2D eigenvalue weighted by molar-refractivity contribution is 7.47. The number of phosphoric ester groups is 1. The SMILES string of the molecule is CCCCCCCCCCCCCCCCCCCCCCCCCCCCCCCCCCC(=O)NC(COP(=O)(O)OCC[N+](C)(C)C)C(O)CCCCCCCCCCCCCCCCCCCCCCCC. The summed E-state index contributed by atoms with van der Waals surface area (Å²) in [5, 5.41) is 14.1. The monoisotopic (exact) mass is 1100 g/mol. The normalized spacial score (nSPS) is 13.6. The molecule has 0 aliphatic carbocycles. The number of carbonyl (C=O) groups is 1. The molecule has 3 atom stereocenters. The van der Waals surface area contributed by atoms with Gasteiger partial charge in [-0.1, -0.05) is 354 Å². The van der Waals surface area contributed by atoms with Crippen molar-refractivity contribution in [3.05, 3.63) is 0 Å². The van der Waals surface area contributed by atoms with Gasteiger partial charge in [-0.25, -0.2) is 4.57 Å². The molecular formula is C67H138N2O6P+. The number of amides is 1. The minimum absolute atomic E-state index is 0.0794. The van der Waals surface area contributed by atoms with Crippen LogP contribution in [0.25, 0.3) is 0 Å². The molecule has 0 aromatic rings. The third-order valence-electron chi connectivity index (χ3n) is 16.4. The highest BCUT2D eigenvalue weighted by atomic mass is 31.2. The van der Waals surface area contributed by atoms with E-state index in [-0.39, 0.29) is 19.1 Å². The van der Waals surface area contributed by atoms with Gasteiger partial charge in [-0.15, -0.1) is 0 Å². The van der Waals surface area contributed by atoms with E-state index in [9.17, 15) is 19.4 Å². The van der Waals surface area contributed by atoms with Crippen LogP contribution in [-0.4, -0.2) is 73.4 Å². The van der Waals surface area contributed by atoms with Gasteiger partial charge >= 0.3 is 7.82 Å². The number of aliphatic hydroxyl groups excluding tert-OH is 1. The van der Waals surface area contributed by atoms with E-state index < -0.39 is 20.0 Å². The first-order valence-electron chi connectivity index (χ1n) is 34.4. The highest BCUT2D eigenvalue weighted by Gasteiger charge is 2.28. The molecule has 3 N–H and O–H groups in total. The van der Waals surface area contributed by atoms with E-state index in [4.69, 9.17) is 9.05 Å². The number of nitrogens with one attached hydrogen (secondary N) is 1. The number of carbonyl (C=O) groups excluding carboxylic acids is 1. The summed E-state index contributed by atoms with van der Waals surface area (Å²) in [5.74, 6) is -0.133. The van der Waals surface area contributed by atoms with Crippen LogP contribution in [0.4, 0.5) is 0 Å². The quantitative estimate of drug-likeness (QED) is 0.0318. The van der Waals surface area contributed by atoms with Crippen molar-refractivity contribution in [3.8, 4) is 0 Å². The second-order valence-electron chi connectivity index (χ2n) is 25.3. The third-order valence-corrected chi connectivity index (χ3v) is 17.3. The van der Waals surface area contributed by atoms with E-state index in [1.807, 2.05) is 21.1 Å². The van der Waals surface area contributed by atoms with Gasteiger partial charge in [0, 0.05) is 6.42 Å². The number of unbranched alkanes of at least 4 members (excludes halogenated alkanes) is 52. The maximum atomic E-state index is 13.1. The van der Waals surface area contributed by atoms with Crippen molar-refractivity contribution in [2.75, 3.05) is 40.9 Å². The summed E-state index contributed by atoms with van der Waals surface area (Å²) in [6.07, 6.45) is 73.5. The van der Waals surface area contributed by atoms with Crippen molar-refractivity contribution < 1.29 is 32.9 Å². The average Bonchev–Trinajstić information content (AvgIpc) is 3.38. The number of rotatable bonds is 65. The Morgan fingerprint density at radius 2 is 0.632 bits per heavy atom. The smallest absolute Gasteiger partial charge is 0.391 e. The number of phosphoric acid groups is 1. The van der Waals surface area contributed by atoms with Gasteiger partial charge in [-0.3, -0.25) is 13.8 Å². The molecule has 0 saturated heterocycles. The lowest BCUT2D eigenvalue weighted by Gasteiger charge is -2.26. The molecule has 0 saturated carbocycles. The summed E-state index contributed by atoms with van der Waals surface area (Å²) in [6.45, 7) is 4.96. The van der Waals surface area contributed by atoms with Crippen LogP contribution < -0.4 is 5.32 Å². The van der Waals surface area contributed by atoms with Crippen molar-refractivity contribution in [2.45, 2.75) is 386 Å². The fourth-order valence-electron chi connectivity index (χ4n) is 11.0. The zero-order valence-electron chi connectivity index (χ0n) is 52.3. The molecule has 0 aromatic carbocycles. The molecule has 1 amide bonds. The first-order valence-corrected chi connectivity index (χ1v) is 35.9. The summed E-state index contributed by atoms with van der Waals surface area (Å²) >= 11 is 0. The standard InChI is InChI=1S/C67H137N2O6P/c1-6-8-10-12-14-16-18-20-22-24-26-28-30-31-32-33-34-35-36-37-38-39-41-43-45-47-49-51-53-55-57-59-61-67(71)68-65(64-75-76(72,73)74-63-62-69(3,4)5)66(70)60-58-56-54-52-50-48-46-44-42-40-29-27-25-23-21-19-17-15-13-11-9-7-2/h65-66,70H,6-64H2,1-5H3,(H-,68,71,72,73)/p+1. The Morgan fingerprint density at radius 1 is 0.395 bits per heavy atom. The van der Waals surface area contributed by atoms with Crippen molar-refractivity contribution in [1.29, 1.82) is 0 Å². The summed E-state index contributed by atoms with van der Waals surface area (Å²) in [4.78, 5) is 23.4. The number of nitrogens with zero attached hydrogens (tertiary/aromatic N) is 1. The molecule has 0 heterocycles. The third kappa shape index (κ3) is 61.1. The van der Waals surface area contributed by atoms with Gasteiger partial charge in [0.25, 0.3) is 0 Å². The molecule has 0 aliphatic heterocycles. The van der Waals surface area contributed by atoms with Crippen LogP contribution in [-0.2, 0) is 18.4 Å². The lowest BCUT2D eigenvalue weighted by molar-refractivity contribution is -0.870. The molecule has 456 valence electrons. The van der Waals surface area contributed by atoms with Crippen LogP contribution in [0.3, 0.4) is 0 Å². The van der Waals surface area contributed by atoms with Gasteiger partial charge in [0.2, 0.25) is 5.91 Å². The van der Waals surface area contributed by atoms with Crippen LogP contribution in [0.2, 0.25) is 0 Å². The molecule has 0 bridgehead atoms. The van der Waals surface area contributed by atoms with Crippen LogP contribution >= 0.6 is 7.82 Å². The van der Waals surface area contributed by atoms with Gasteiger partial charge in [-0.2, -0.15) is 0 Å². The van der Waals surface area contributed by atoms with Gasteiger partial charge < -0.3 is 19.8 Å².